The molecule has 1 aromatic rings. The van der Waals surface area contributed by atoms with Crippen LogP contribution in [0.3, 0.4) is 0 Å². The highest BCUT2D eigenvalue weighted by molar-refractivity contribution is 5.33. The lowest BCUT2D eigenvalue weighted by Crippen LogP contribution is -2.46. The summed E-state index contributed by atoms with van der Waals surface area (Å²) in [7, 11) is 1.64. The highest BCUT2D eigenvalue weighted by atomic mass is 16.7. The van der Waals surface area contributed by atoms with E-state index < -0.39 is 6.10 Å². The smallest absolute Gasteiger partial charge is 0.150 e. The molecule has 0 spiro atoms. The van der Waals surface area contributed by atoms with Crippen LogP contribution in [0, 0.1) is 0 Å². The van der Waals surface area contributed by atoms with Crippen molar-refractivity contribution < 1.29 is 14.7 Å². The summed E-state index contributed by atoms with van der Waals surface area (Å²) in [5.74, 6) is 0.945. The molecule has 1 aliphatic heterocycles. The average molecular weight is 351 g/mol. The summed E-state index contributed by atoms with van der Waals surface area (Å²) in [4.78, 5) is 7.79. The first-order valence-corrected chi connectivity index (χ1v) is 9.48. The van der Waals surface area contributed by atoms with E-state index in [1.165, 1.54) is 24.8 Å². The minimum Gasteiger partial charge on any atom is -0.475 e. The molecule has 142 valence electrons. The van der Waals surface area contributed by atoms with Crippen LogP contribution in [0.15, 0.2) is 24.3 Å². The molecule has 3 atom stereocenters. The lowest BCUT2D eigenvalue weighted by atomic mass is 10.0. The standard InChI is InChI=1S/C20H34N2O3/c1-16-9-7-8-13-22(16)18(3)25-20-11-6-5-10-19(20)12-14-21(24-4)15-17(2)23/h5-6,10-11,16-18,23H,7-9,12-15H2,1-4H3. The zero-order valence-corrected chi connectivity index (χ0v) is 16.1. The van der Waals surface area contributed by atoms with Gasteiger partial charge in [0.25, 0.3) is 0 Å². The van der Waals surface area contributed by atoms with Crippen LogP contribution in [-0.2, 0) is 11.3 Å². The molecule has 0 aliphatic carbocycles. The van der Waals surface area contributed by atoms with Crippen molar-refractivity contribution in [3.63, 3.8) is 0 Å². The molecular weight excluding hydrogens is 316 g/mol. The number of piperidine rings is 1. The minimum absolute atomic E-state index is 0.0763. The van der Waals surface area contributed by atoms with Crippen LogP contribution in [0.1, 0.15) is 45.6 Å². The van der Waals surface area contributed by atoms with Crippen molar-refractivity contribution in [2.24, 2.45) is 0 Å². The second-order valence-electron chi connectivity index (χ2n) is 7.08. The largest absolute Gasteiger partial charge is 0.475 e. The van der Waals surface area contributed by atoms with E-state index in [0.717, 1.165) is 25.3 Å². The Labute approximate surface area is 152 Å². The number of likely N-dealkylation sites (tertiary alicyclic amines) is 1. The molecule has 1 aromatic carbocycles. The highest BCUT2D eigenvalue weighted by Crippen LogP contribution is 2.24. The number of hydrogen-bond donors (Lipinski definition) is 1. The Kier molecular flexibility index (Phi) is 8.16. The van der Waals surface area contributed by atoms with Gasteiger partial charge in [0.2, 0.25) is 0 Å². The molecule has 3 unspecified atom stereocenters. The maximum atomic E-state index is 9.54. The molecule has 2 rings (SSSR count). The third-order valence-electron chi connectivity index (χ3n) is 4.95. The van der Waals surface area contributed by atoms with E-state index in [1.807, 2.05) is 18.2 Å². The summed E-state index contributed by atoms with van der Waals surface area (Å²) in [6.07, 6.45) is 4.30. The van der Waals surface area contributed by atoms with Gasteiger partial charge < -0.3 is 14.7 Å². The van der Waals surface area contributed by atoms with Crippen molar-refractivity contribution >= 4 is 0 Å². The fourth-order valence-corrected chi connectivity index (χ4v) is 3.53. The van der Waals surface area contributed by atoms with E-state index in [9.17, 15) is 5.11 Å². The molecule has 1 heterocycles. The Morgan fingerprint density at radius 3 is 2.72 bits per heavy atom. The lowest BCUT2D eigenvalue weighted by Gasteiger charge is -2.38. The Hall–Kier alpha value is -1.14. The van der Waals surface area contributed by atoms with Gasteiger partial charge in [-0.1, -0.05) is 24.6 Å². The van der Waals surface area contributed by atoms with E-state index in [-0.39, 0.29) is 6.23 Å². The molecule has 5 heteroatoms. The number of hydrogen-bond acceptors (Lipinski definition) is 5. The van der Waals surface area contributed by atoms with E-state index in [4.69, 9.17) is 9.57 Å². The monoisotopic (exact) mass is 350 g/mol. The van der Waals surface area contributed by atoms with Gasteiger partial charge in [0, 0.05) is 25.7 Å². The number of aliphatic hydroxyl groups is 1. The van der Waals surface area contributed by atoms with Gasteiger partial charge >= 0.3 is 0 Å². The van der Waals surface area contributed by atoms with Crippen LogP contribution >= 0.6 is 0 Å². The molecule has 0 aromatic heterocycles. The summed E-state index contributed by atoms with van der Waals surface area (Å²) >= 11 is 0. The predicted molar refractivity (Wildman–Crippen MR) is 101 cm³/mol. The van der Waals surface area contributed by atoms with Gasteiger partial charge in [-0.25, -0.2) is 0 Å². The van der Waals surface area contributed by atoms with E-state index in [0.29, 0.717) is 12.6 Å². The van der Waals surface area contributed by atoms with E-state index in [1.54, 1.807) is 19.1 Å². The topological polar surface area (TPSA) is 45.2 Å². The molecule has 0 amide bonds. The number of hydroxylamine groups is 2. The van der Waals surface area contributed by atoms with E-state index >= 15 is 0 Å². The summed E-state index contributed by atoms with van der Waals surface area (Å²) in [6.45, 7) is 8.53. The van der Waals surface area contributed by atoms with Crippen molar-refractivity contribution in [3.05, 3.63) is 29.8 Å². The van der Waals surface area contributed by atoms with Crippen molar-refractivity contribution in [3.8, 4) is 5.75 Å². The van der Waals surface area contributed by atoms with Crippen LogP contribution in [0.2, 0.25) is 0 Å². The number of rotatable bonds is 9. The molecule has 0 radical (unpaired) electrons. The Bertz CT molecular complexity index is 509. The van der Waals surface area contributed by atoms with Gasteiger partial charge in [-0.05, 0) is 51.7 Å². The van der Waals surface area contributed by atoms with Gasteiger partial charge in [-0.3, -0.25) is 4.90 Å². The number of nitrogens with zero attached hydrogens (tertiary/aromatic N) is 2. The first-order chi connectivity index (χ1) is 12.0. The van der Waals surface area contributed by atoms with Gasteiger partial charge in [0.1, 0.15) is 12.0 Å². The number of para-hydroxylation sites is 1. The van der Waals surface area contributed by atoms with Gasteiger partial charge in [-0.15, -0.1) is 0 Å². The summed E-state index contributed by atoms with van der Waals surface area (Å²) < 4.78 is 6.32. The maximum absolute atomic E-state index is 9.54. The van der Waals surface area contributed by atoms with Crippen molar-refractivity contribution in [1.82, 2.24) is 9.96 Å². The van der Waals surface area contributed by atoms with Gasteiger partial charge in [-0.2, -0.15) is 5.06 Å². The van der Waals surface area contributed by atoms with Gasteiger partial charge in [0.15, 0.2) is 0 Å². The summed E-state index contributed by atoms with van der Waals surface area (Å²) in [5.41, 5.74) is 1.17. The third kappa shape index (κ3) is 6.26. The van der Waals surface area contributed by atoms with Crippen molar-refractivity contribution in [2.75, 3.05) is 26.7 Å². The van der Waals surface area contributed by atoms with Crippen LogP contribution < -0.4 is 4.74 Å². The fraction of sp³-hybridized carbons (Fsp3) is 0.700. The summed E-state index contributed by atoms with van der Waals surface area (Å²) in [5, 5.41) is 11.3. The summed E-state index contributed by atoms with van der Waals surface area (Å²) in [6, 6.07) is 8.80. The molecule has 0 saturated carbocycles. The lowest BCUT2D eigenvalue weighted by molar-refractivity contribution is -0.145. The quantitative estimate of drug-likeness (QED) is 0.694. The molecule has 25 heavy (non-hydrogen) atoms. The Balaban J connectivity index is 1.97. The molecule has 1 N–H and O–H groups in total. The van der Waals surface area contributed by atoms with Crippen molar-refractivity contribution in [1.29, 1.82) is 0 Å². The second kappa shape index (κ2) is 10.1. The molecule has 1 fully saturated rings. The normalized spacial score (nSPS) is 21.3. The van der Waals surface area contributed by atoms with Crippen molar-refractivity contribution in [2.45, 2.75) is 64.8 Å². The average Bonchev–Trinajstić information content (AvgIpc) is 2.59. The molecule has 0 bridgehead atoms. The Morgan fingerprint density at radius 2 is 2.04 bits per heavy atom. The number of ether oxygens (including phenoxy) is 1. The van der Waals surface area contributed by atoms with E-state index in [2.05, 4.69) is 24.8 Å². The first kappa shape index (κ1) is 20.2. The Morgan fingerprint density at radius 1 is 1.28 bits per heavy atom. The SMILES string of the molecule is CON(CCc1ccccc1OC(C)N1CCCCC1C)CC(C)O. The van der Waals surface area contributed by atoms with Crippen LogP contribution in [0.5, 0.6) is 5.75 Å². The van der Waals surface area contributed by atoms with Gasteiger partial charge in [0.05, 0.1) is 13.2 Å². The molecule has 1 aliphatic rings. The minimum atomic E-state index is -0.410. The second-order valence-corrected chi connectivity index (χ2v) is 7.08. The van der Waals surface area contributed by atoms with Crippen LogP contribution in [0.25, 0.3) is 0 Å². The zero-order chi connectivity index (χ0) is 18.2. The first-order valence-electron chi connectivity index (χ1n) is 9.48. The molecule has 5 nitrogen and oxygen atoms in total. The highest BCUT2D eigenvalue weighted by Gasteiger charge is 2.24. The van der Waals surface area contributed by atoms with Crippen LogP contribution in [0.4, 0.5) is 0 Å². The zero-order valence-electron chi connectivity index (χ0n) is 16.1. The fourth-order valence-electron chi connectivity index (χ4n) is 3.53. The maximum Gasteiger partial charge on any atom is 0.150 e. The molecule has 1 saturated heterocycles. The third-order valence-corrected chi connectivity index (χ3v) is 4.95. The molecular formula is C20H34N2O3. The number of benzene rings is 1. The van der Waals surface area contributed by atoms with Crippen LogP contribution in [-0.4, -0.2) is 60.2 Å². The number of aliphatic hydroxyl groups excluding tert-OH is 1. The predicted octanol–water partition coefficient (Wildman–Crippen LogP) is 3.07.